The van der Waals surface area contributed by atoms with E-state index >= 15 is 0 Å². The van der Waals surface area contributed by atoms with Crippen LogP contribution in [0.15, 0.2) is 6.20 Å². The van der Waals surface area contributed by atoms with Crippen molar-refractivity contribution in [1.29, 1.82) is 0 Å². The molecule has 0 spiro atoms. The Morgan fingerprint density at radius 1 is 1.42 bits per heavy atom. The predicted octanol–water partition coefficient (Wildman–Crippen LogP) is 0.176. The quantitative estimate of drug-likeness (QED) is 0.742. The van der Waals surface area contributed by atoms with Gasteiger partial charge in [-0.1, -0.05) is 0 Å². The lowest BCUT2D eigenvalue weighted by molar-refractivity contribution is 0.0417. The van der Waals surface area contributed by atoms with E-state index in [-0.39, 0.29) is 6.61 Å². The third-order valence-electron chi connectivity index (χ3n) is 2.87. The van der Waals surface area contributed by atoms with Gasteiger partial charge in [-0.25, -0.2) is 4.79 Å². The molecule has 1 aromatic heterocycles. The standard InChI is InChI=1S/C12H19N3O4/c1-17-4-5-18-6-7-19-12(16)15-11-2-3-13-8-10(11)9-14-15/h9,13H,2-8H2,1H3. The largest absolute Gasteiger partial charge is 0.445 e. The second-order valence-electron chi connectivity index (χ2n) is 4.17. The van der Waals surface area contributed by atoms with Gasteiger partial charge in [-0.3, -0.25) is 0 Å². The topological polar surface area (TPSA) is 74.6 Å². The van der Waals surface area contributed by atoms with E-state index in [1.165, 1.54) is 4.68 Å². The van der Waals surface area contributed by atoms with Crippen molar-refractivity contribution in [3.63, 3.8) is 0 Å². The molecule has 0 aliphatic carbocycles. The number of rotatable bonds is 6. The van der Waals surface area contributed by atoms with Crippen molar-refractivity contribution >= 4 is 6.09 Å². The second kappa shape index (κ2) is 7.22. The zero-order chi connectivity index (χ0) is 13.5. The van der Waals surface area contributed by atoms with Crippen LogP contribution in [-0.2, 0) is 27.2 Å². The molecule has 0 atom stereocenters. The Morgan fingerprint density at radius 3 is 3.11 bits per heavy atom. The molecule has 1 N–H and O–H groups in total. The summed E-state index contributed by atoms with van der Waals surface area (Å²) >= 11 is 0. The van der Waals surface area contributed by atoms with Crippen LogP contribution >= 0.6 is 0 Å². The minimum absolute atomic E-state index is 0.218. The molecule has 19 heavy (non-hydrogen) atoms. The Bertz CT molecular complexity index is 419. The summed E-state index contributed by atoms with van der Waals surface area (Å²) in [5.74, 6) is 0. The minimum Gasteiger partial charge on any atom is -0.445 e. The van der Waals surface area contributed by atoms with Gasteiger partial charge >= 0.3 is 6.09 Å². The fourth-order valence-corrected chi connectivity index (χ4v) is 1.90. The first-order chi connectivity index (χ1) is 9.33. The average Bonchev–Trinajstić information content (AvgIpc) is 2.86. The number of hydrogen-bond acceptors (Lipinski definition) is 6. The van der Waals surface area contributed by atoms with Crippen molar-refractivity contribution in [2.24, 2.45) is 0 Å². The Kier molecular flexibility index (Phi) is 5.31. The zero-order valence-electron chi connectivity index (χ0n) is 11.1. The summed E-state index contributed by atoms with van der Waals surface area (Å²) in [6.45, 7) is 3.22. The van der Waals surface area contributed by atoms with Crippen LogP contribution in [0.4, 0.5) is 4.79 Å². The van der Waals surface area contributed by atoms with Crippen molar-refractivity contribution in [3.05, 3.63) is 17.5 Å². The normalized spacial score (nSPS) is 14.2. The highest BCUT2D eigenvalue weighted by Gasteiger charge is 2.19. The lowest BCUT2D eigenvalue weighted by atomic mass is 10.1. The maximum atomic E-state index is 11.8. The number of carbonyl (C=O) groups is 1. The van der Waals surface area contributed by atoms with E-state index in [4.69, 9.17) is 14.2 Å². The van der Waals surface area contributed by atoms with Crippen molar-refractivity contribution in [3.8, 4) is 0 Å². The highest BCUT2D eigenvalue weighted by Crippen LogP contribution is 2.13. The molecule has 2 heterocycles. The van der Waals surface area contributed by atoms with E-state index in [1.54, 1.807) is 13.3 Å². The van der Waals surface area contributed by atoms with Crippen molar-refractivity contribution in [2.75, 3.05) is 40.1 Å². The Labute approximate surface area is 111 Å². The number of nitrogens with zero attached hydrogens (tertiary/aromatic N) is 2. The van der Waals surface area contributed by atoms with Gasteiger partial charge in [0.1, 0.15) is 6.61 Å². The number of hydrogen-bond donors (Lipinski definition) is 1. The van der Waals surface area contributed by atoms with Crippen LogP contribution in [0.5, 0.6) is 0 Å². The molecular weight excluding hydrogens is 250 g/mol. The minimum atomic E-state index is -0.446. The highest BCUT2D eigenvalue weighted by molar-refractivity contribution is 5.70. The predicted molar refractivity (Wildman–Crippen MR) is 67.1 cm³/mol. The van der Waals surface area contributed by atoms with Crippen LogP contribution in [-0.4, -0.2) is 56.0 Å². The van der Waals surface area contributed by atoms with Crippen LogP contribution < -0.4 is 5.32 Å². The molecule has 0 radical (unpaired) electrons. The summed E-state index contributed by atoms with van der Waals surface area (Å²) in [5, 5.41) is 7.30. The number of nitrogens with one attached hydrogen (secondary N) is 1. The van der Waals surface area contributed by atoms with Crippen LogP contribution in [0.25, 0.3) is 0 Å². The maximum Gasteiger partial charge on any atom is 0.435 e. The lowest BCUT2D eigenvalue weighted by Crippen LogP contribution is -2.27. The summed E-state index contributed by atoms with van der Waals surface area (Å²) in [7, 11) is 1.61. The van der Waals surface area contributed by atoms with Gasteiger partial charge in [-0.2, -0.15) is 9.78 Å². The molecule has 1 aliphatic rings. The van der Waals surface area contributed by atoms with E-state index in [1.807, 2.05) is 0 Å². The lowest BCUT2D eigenvalue weighted by Gasteiger charge is -2.14. The van der Waals surface area contributed by atoms with Crippen LogP contribution in [0, 0.1) is 0 Å². The first-order valence-electron chi connectivity index (χ1n) is 6.33. The zero-order valence-corrected chi connectivity index (χ0v) is 11.1. The van der Waals surface area contributed by atoms with Gasteiger partial charge < -0.3 is 19.5 Å². The number of fused-ring (bicyclic) bond motifs is 1. The molecule has 1 aromatic rings. The van der Waals surface area contributed by atoms with Gasteiger partial charge in [0.15, 0.2) is 0 Å². The van der Waals surface area contributed by atoms with E-state index in [2.05, 4.69) is 10.4 Å². The highest BCUT2D eigenvalue weighted by atomic mass is 16.6. The fourth-order valence-electron chi connectivity index (χ4n) is 1.90. The van der Waals surface area contributed by atoms with Crippen molar-refractivity contribution < 1.29 is 19.0 Å². The molecule has 0 aromatic carbocycles. The molecule has 0 unspecified atom stereocenters. The molecule has 0 fully saturated rings. The van der Waals surface area contributed by atoms with Crippen LogP contribution in [0.2, 0.25) is 0 Å². The summed E-state index contributed by atoms with van der Waals surface area (Å²) in [4.78, 5) is 11.8. The first-order valence-corrected chi connectivity index (χ1v) is 6.33. The molecule has 7 heteroatoms. The van der Waals surface area contributed by atoms with E-state index in [0.717, 1.165) is 30.8 Å². The summed E-state index contributed by atoms with van der Waals surface area (Å²) in [5.41, 5.74) is 1.99. The number of ether oxygens (including phenoxy) is 3. The third-order valence-corrected chi connectivity index (χ3v) is 2.87. The number of methoxy groups -OCH3 is 1. The second-order valence-corrected chi connectivity index (χ2v) is 4.17. The summed E-state index contributed by atoms with van der Waals surface area (Å²) in [6.07, 6.45) is 2.05. The molecule has 0 saturated carbocycles. The SMILES string of the molecule is COCCOCCOC(=O)n1ncc2c1CCNC2. The van der Waals surface area contributed by atoms with Gasteiger partial charge in [0, 0.05) is 32.2 Å². The van der Waals surface area contributed by atoms with Gasteiger partial charge in [0.25, 0.3) is 0 Å². The average molecular weight is 269 g/mol. The van der Waals surface area contributed by atoms with Gasteiger partial charge in [0.05, 0.1) is 31.7 Å². The summed E-state index contributed by atoms with van der Waals surface area (Å²) in [6, 6.07) is 0. The third kappa shape index (κ3) is 3.76. The van der Waals surface area contributed by atoms with E-state index in [0.29, 0.717) is 19.8 Å². The Hall–Kier alpha value is -1.44. The van der Waals surface area contributed by atoms with Crippen molar-refractivity contribution in [1.82, 2.24) is 15.1 Å². The molecule has 1 aliphatic heterocycles. The molecule has 0 amide bonds. The number of aromatic nitrogens is 2. The van der Waals surface area contributed by atoms with Crippen molar-refractivity contribution in [2.45, 2.75) is 13.0 Å². The molecular formula is C12H19N3O4. The molecule has 2 rings (SSSR count). The van der Waals surface area contributed by atoms with Crippen LogP contribution in [0.3, 0.4) is 0 Å². The van der Waals surface area contributed by atoms with E-state index in [9.17, 15) is 4.79 Å². The Balaban J connectivity index is 1.75. The molecule has 0 saturated heterocycles. The summed E-state index contributed by atoms with van der Waals surface area (Å²) < 4.78 is 16.5. The van der Waals surface area contributed by atoms with Crippen LogP contribution in [0.1, 0.15) is 11.3 Å². The monoisotopic (exact) mass is 269 g/mol. The van der Waals surface area contributed by atoms with E-state index < -0.39 is 6.09 Å². The van der Waals surface area contributed by atoms with Gasteiger partial charge in [-0.15, -0.1) is 0 Å². The van der Waals surface area contributed by atoms with Gasteiger partial charge in [-0.05, 0) is 0 Å². The molecule has 7 nitrogen and oxygen atoms in total. The number of carbonyl (C=O) groups excluding carboxylic acids is 1. The fraction of sp³-hybridized carbons (Fsp3) is 0.667. The molecule has 0 bridgehead atoms. The first kappa shape index (κ1) is 14.0. The maximum absolute atomic E-state index is 11.8. The molecule has 106 valence electrons. The smallest absolute Gasteiger partial charge is 0.435 e. The van der Waals surface area contributed by atoms with Gasteiger partial charge in [0.2, 0.25) is 0 Å². The Morgan fingerprint density at radius 2 is 2.26 bits per heavy atom.